The highest BCUT2D eigenvalue weighted by atomic mass is 16.5. The second kappa shape index (κ2) is 7.18. The lowest BCUT2D eigenvalue weighted by molar-refractivity contribution is -0.0460. The normalized spacial score (nSPS) is 17.5. The summed E-state index contributed by atoms with van der Waals surface area (Å²) in [7, 11) is 0. The van der Waals surface area contributed by atoms with E-state index in [1.807, 2.05) is 6.92 Å². The summed E-state index contributed by atoms with van der Waals surface area (Å²) < 4.78 is 5.98. The maximum absolute atomic E-state index is 11.9. The van der Waals surface area contributed by atoms with Gasteiger partial charge in [0, 0.05) is 19.2 Å². The largest absolute Gasteiger partial charge is 0.367 e. The van der Waals surface area contributed by atoms with Gasteiger partial charge in [-0.25, -0.2) is 4.98 Å². The van der Waals surface area contributed by atoms with Gasteiger partial charge < -0.3 is 15.0 Å². The van der Waals surface area contributed by atoms with Gasteiger partial charge in [-0.1, -0.05) is 13.8 Å². The number of ether oxygens (including phenoxy) is 1. The first-order valence-electron chi connectivity index (χ1n) is 8.01. The Morgan fingerprint density at radius 2 is 2.14 bits per heavy atom. The Morgan fingerprint density at radius 1 is 1.43 bits per heavy atom. The molecule has 5 nitrogen and oxygen atoms in total. The molecular formula is C16H27N3O2. The Kier molecular flexibility index (Phi) is 5.53. The van der Waals surface area contributed by atoms with Gasteiger partial charge in [0.25, 0.3) is 5.56 Å². The molecule has 0 spiro atoms. The summed E-state index contributed by atoms with van der Waals surface area (Å²) in [6.45, 7) is 8.49. The molecule has 118 valence electrons. The van der Waals surface area contributed by atoms with Crippen LogP contribution in [0.15, 0.2) is 10.9 Å². The van der Waals surface area contributed by atoms with Crippen LogP contribution >= 0.6 is 0 Å². The van der Waals surface area contributed by atoms with Crippen LogP contribution in [0.25, 0.3) is 0 Å². The van der Waals surface area contributed by atoms with Crippen molar-refractivity contribution in [2.24, 2.45) is 5.92 Å². The minimum atomic E-state index is -0.387. The molecule has 0 amide bonds. The van der Waals surface area contributed by atoms with E-state index in [1.165, 1.54) is 0 Å². The summed E-state index contributed by atoms with van der Waals surface area (Å²) in [5.41, 5.74) is 0.315. The van der Waals surface area contributed by atoms with E-state index in [2.05, 4.69) is 29.1 Å². The maximum atomic E-state index is 11.9. The van der Waals surface area contributed by atoms with Crippen molar-refractivity contribution in [3.05, 3.63) is 27.9 Å². The van der Waals surface area contributed by atoms with Gasteiger partial charge >= 0.3 is 0 Å². The third kappa shape index (κ3) is 4.14. The summed E-state index contributed by atoms with van der Waals surface area (Å²) >= 11 is 0. The van der Waals surface area contributed by atoms with E-state index in [0.717, 1.165) is 37.9 Å². The smallest absolute Gasteiger partial charge is 0.251 e. The number of nitrogens with zero attached hydrogens (tertiary/aromatic N) is 1. The molecule has 1 heterocycles. The Hall–Kier alpha value is -1.20. The van der Waals surface area contributed by atoms with Crippen LogP contribution < -0.4 is 10.9 Å². The van der Waals surface area contributed by atoms with Crippen molar-refractivity contribution in [1.82, 2.24) is 15.3 Å². The van der Waals surface area contributed by atoms with Crippen LogP contribution in [0.2, 0.25) is 0 Å². The predicted octanol–water partition coefficient (Wildman–Crippen LogP) is 2.32. The topological polar surface area (TPSA) is 67.0 Å². The minimum absolute atomic E-state index is 0.0904. The number of aromatic nitrogens is 2. The number of nitrogens with one attached hydrogen (secondary N) is 2. The molecule has 0 saturated heterocycles. The lowest BCUT2D eigenvalue weighted by atomic mass is 10.0. The highest BCUT2D eigenvalue weighted by Crippen LogP contribution is 2.40. The zero-order valence-corrected chi connectivity index (χ0v) is 13.4. The predicted molar refractivity (Wildman–Crippen MR) is 83.2 cm³/mol. The third-order valence-corrected chi connectivity index (χ3v) is 3.92. The van der Waals surface area contributed by atoms with Crippen molar-refractivity contribution in [1.29, 1.82) is 0 Å². The Morgan fingerprint density at radius 3 is 2.76 bits per heavy atom. The van der Waals surface area contributed by atoms with Crippen LogP contribution in [-0.2, 0) is 16.9 Å². The highest BCUT2D eigenvalue weighted by Gasteiger charge is 2.38. The van der Waals surface area contributed by atoms with E-state index >= 15 is 0 Å². The van der Waals surface area contributed by atoms with Crippen molar-refractivity contribution < 1.29 is 4.74 Å². The Labute approximate surface area is 126 Å². The molecule has 0 aromatic carbocycles. The van der Waals surface area contributed by atoms with E-state index in [0.29, 0.717) is 24.9 Å². The molecule has 5 heteroatoms. The number of hydrogen-bond donors (Lipinski definition) is 2. The van der Waals surface area contributed by atoms with Crippen molar-refractivity contribution in [3.63, 3.8) is 0 Å². The molecule has 1 aromatic heterocycles. The maximum Gasteiger partial charge on any atom is 0.251 e. The van der Waals surface area contributed by atoms with E-state index in [4.69, 9.17) is 4.74 Å². The molecule has 0 bridgehead atoms. The standard InChI is InChI=1S/C16H27N3O2/c1-4-21-16(7-5-6-8-16)15-18-13(9-14(20)19-15)11-17-10-12(2)3/h9,12,17H,4-8,10-11H2,1-3H3,(H,18,19,20). The van der Waals surface area contributed by atoms with Crippen LogP contribution in [0, 0.1) is 5.92 Å². The number of aromatic amines is 1. The second-order valence-electron chi connectivity index (χ2n) is 6.24. The highest BCUT2D eigenvalue weighted by molar-refractivity contribution is 5.10. The van der Waals surface area contributed by atoms with Gasteiger partial charge in [0.05, 0.1) is 5.69 Å². The zero-order chi connectivity index (χ0) is 15.3. The summed E-state index contributed by atoms with van der Waals surface area (Å²) in [6.07, 6.45) is 4.12. The van der Waals surface area contributed by atoms with E-state index in [1.54, 1.807) is 6.07 Å². The second-order valence-corrected chi connectivity index (χ2v) is 6.24. The molecule has 1 aliphatic carbocycles. The zero-order valence-electron chi connectivity index (χ0n) is 13.4. The van der Waals surface area contributed by atoms with Gasteiger partial charge in [0.15, 0.2) is 0 Å². The first-order valence-corrected chi connectivity index (χ1v) is 8.01. The molecule has 0 unspecified atom stereocenters. The lowest BCUT2D eigenvalue weighted by Gasteiger charge is -2.28. The minimum Gasteiger partial charge on any atom is -0.367 e. The van der Waals surface area contributed by atoms with Gasteiger partial charge in [-0.2, -0.15) is 0 Å². The first-order chi connectivity index (χ1) is 10.1. The average molecular weight is 293 g/mol. The fourth-order valence-corrected chi connectivity index (χ4v) is 2.98. The summed E-state index contributed by atoms with van der Waals surface area (Å²) in [5, 5.41) is 3.33. The van der Waals surface area contributed by atoms with Crippen LogP contribution in [0.5, 0.6) is 0 Å². The van der Waals surface area contributed by atoms with Crippen LogP contribution in [-0.4, -0.2) is 23.1 Å². The van der Waals surface area contributed by atoms with Crippen molar-refractivity contribution in [3.8, 4) is 0 Å². The number of H-pyrrole nitrogens is 1. The molecule has 2 N–H and O–H groups in total. The van der Waals surface area contributed by atoms with E-state index < -0.39 is 0 Å². The number of rotatable bonds is 7. The molecule has 2 rings (SSSR count). The van der Waals surface area contributed by atoms with Crippen LogP contribution in [0.3, 0.4) is 0 Å². The third-order valence-electron chi connectivity index (χ3n) is 3.92. The molecule has 1 fully saturated rings. The van der Waals surface area contributed by atoms with E-state index in [-0.39, 0.29) is 11.2 Å². The summed E-state index contributed by atoms with van der Waals surface area (Å²) in [4.78, 5) is 19.5. The average Bonchev–Trinajstić information content (AvgIpc) is 2.88. The molecule has 0 radical (unpaired) electrons. The van der Waals surface area contributed by atoms with Gasteiger partial charge in [-0.3, -0.25) is 4.79 Å². The number of hydrogen-bond acceptors (Lipinski definition) is 4. The van der Waals surface area contributed by atoms with Gasteiger partial charge in [-0.05, 0) is 45.1 Å². The molecular weight excluding hydrogens is 266 g/mol. The summed E-state index contributed by atoms with van der Waals surface area (Å²) in [6, 6.07) is 1.57. The first kappa shape index (κ1) is 16.2. The molecule has 21 heavy (non-hydrogen) atoms. The van der Waals surface area contributed by atoms with Crippen molar-refractivity contribution in [2.75, 3.05) is 13.2 Å². The molecule has 0 aliphatic heterocycles. The molecule has 1 aromatic rings. The van der Waals surface area contributed by atoms with E-state index in [9.17, 15) is 4.79 Å². The summed E-state index contributed by atoms with van der Waals surface area (Å²) in [5.74, 6) is 1.28. The SMILES string of the molecule is CCOC1(c2nc(CNCC(C)C)cc(=O)[nH]2)CCCC1. The fourth-order valence-electron chi connectivity index (χ4n) is 2.98. The van der Waals surface area contributed by atoms with Gasteiger partial charge in [0.1, 0.15) is 11.4 Å². The molecule has 0 atom stereocenters. The van der Waals surface area contributed by atoms with Crippen molar-refractivity contribution >= 4 is 0 Å². The van der Waals surface area contributed by atoms with Crippen molar-refractivity contribution in [2.45, 2.75) is 58.6 Å². The molecule has 1 aliphatic rings. The fraction of sp³-hybridized carbons (Fsp3) is 0.750. The Balaban J connectivity index is 2.19. The Bertz CT molecular complexity index is 504. The monoisotopic (exact) mass is 293 g/mol. The lowest BCUT2D eigenvalue weighted by Crippen LogP contribution is -2.32. The van der Waals surface area contributed by atoms with Gasteiger partial charge in [-0.15, -0.1) is 0 Å². The van der Waals surface area contributed by atoms with Gasteiger partial charge in [0.2, 0.25) is 0 Å². The quantitative estimate of drug-likeness (QED) is 0.809. The van der Waals surface area contributed by atoms with Crippen LogP contribution in [0.4, 0.5) is 0 Å². The van der Waals surface area contributed by atoms with Crippen LogP contribution in [0.1, 0.15) is 58.0 Å². The molecule has 1 saturated carbocycles.